The number of carbonyl (C=O) groups excluding carboxylic acids is 2. The highest BCUT2D eigenvalue weighted by Gasteiger charge is 2.15. The molecular weight excluding hydrogens is 340 g/mol. The number of hydrogen-bond donors (Lipinski definition) is 2. The van der Waals surface area contributed by atoms with Crippen LogP contribution in [0.3, 0.4) is 0 Å². The van der Waals surface area contributed by atoms with E-state index in [1.807, 2.05) is 68.4 Å². The summed E-state index contributed by atoms with van der Waals surface area (Å²) in [5.41, 5.74) is 2.17. The van der Waals surface area contributed by atoms with Gasteiger partial charge in [-0.2, -0.15) is 0 Å². The molecule has 2 aromatic carbocycles. The normalized spacial score (nSPS) is 11.7. The number of carbonyl (C=O) groups is 2. The molecule has 0 fully saturated rings. The lowest BCUT2D eigenvalue weighted by atomic mass is 10.1. The Kier molecular flexibility index (Phi) is 7.86. The van der Waals surface area contributed by atoms with E-state index in [4.69, 9.17) is 4.74 Å². The minimum Gasteiger partial charge on any atom is -0.489 e. The Balaban J connectivity index is 1.74. The molecule has 0 aliphatic heterocycles. The van der Waals surface area contributed by atoms with Crippen molar-refractivity contribution in [3.63, 3.8) is 0 Å². The Labute approximate surface area is 161 Å². The number of rotatable bonds is 9. The first kappa shape index (κ1) is 20.5. The van der Waals surface area contributed by atoms with Gasteiger partial charge < -0.3 is 15.4 Å². The van der Waals surface area contributed by atoms with E-state index in [0.29, 0.717) is 19.4 Å². The number of nitrogens with one attached hydrogen (secondary N) is 2. The summed E-state index contributed by atoms with van der Waals surface area (Å²) in [5, 5.41) is 5.51. The smallest absolute Gasteiger partial charge is 0.242 e. The van der Waals surface area contributed by atoms with Crippen molar-refractivity contribution < 1.29 is 14.3 Å². The van der Waals surface area contributed by atoms with Crippen molar-refractivity contribution >= 4 is 11.8 Å². The van der Waals surface area contributed by atoms with Crippen LogP contribution >= 0.6 is 0 Å². The lowest BCUT2D eigenvalue weighted by Gasteiger charge is -2.16. The lowest BCUT2D eigenvalue weighted by molar-refractivity contribution is -0.128. The molecule has 0 saturated heterocycles. The van der Waals surface area contributed by atoms with Crippen LogP contribution in [0.2, 0.25) is 0 Å². The minimum absolute atomic E-state index is 0.0551. The van der Waals surface area contributed by atoms with Crippen LogP contribution in [0.15, 0.2) is 54.6 Å². The average Bonchev–Trinajstić information content (AvgIpc) is 2.66. The summed E-state index contributed by atoms with van der Waals surface area (Å²) in [4.78, 5) is 23.9. The fourth-order valence-corrected chi connectivity index (χ4v) is 2.54. The topological polar surface area (TPSA) is 67.4 Å². The van der Waals surface area contributed by atoms with Crippen molar-refractivity contribution in [1.82, 2.24) is 10.6 Å². The van der Waals surface area contributed by atoms with E-state index in [2.05, 4.69) is 10.6 Å². The maximum absolute atomic E-state index is 12.0. The summed E-state index contributed by atoms with van der Waals surface area (Å²) in [7, 11) is 0. The molecular formula is C22H28N2O3. The molecule has 2 aromatic rings. The first-order valence-corrected chi connectivity index (χ1v) is 9.29. The molecule has 27 heavy (non-hydrogen) atoms. The van der Waals surface area contributed by atoms with E-state index in [-0.39, 0.29) is 17.9 Å². The first-order chi connectivity index (χ1) is 12.9. The molecule has 5 heteroatoms. The highest BCUT2D eigenvalue weighted by atomic mass is 16.5. The van der Waals surface area contributed by atoms with Crippen LogP contribution in [-0.4, -0.2) is 23.9 Å². The predicted octanol–water partition coefficient (Wildman–Crippen LogP) is 3.23. The fraction of sp³-hybridized carbons (Fsp3) is 0.364. The average molecular weight is 368 g/mol. The molecule has 0 aliphatic carbocycles. The van der Waals surface area contributed by atoms with Gasteiger partial charge in [0.25, 0.3) is 0 Å². The Morgan fingerprint density at radius 1 is 0.889 bits per heavy atom. The molecule has 0 heterocycles. The second kappa shape index (κ2) is 10.4. The second-order valence-electron chi connectivity index (χ2n) is 6.87. The maximum atomic E-state index is 12.0. The third-order valence-corrected chi connectivity index (χ3v) is 4.01. The molecule has 0 saturated carbocycles. The zero-order chi connectivity index (χ0) is 19.6. The van der Waals surface area contributed by atoms with Crippen LogP contribution < -0.4 is 15.4 Å². The fourth-order valence-electron chi connectivity index (χ4n) is 2.54. The van der Waals surface area contributed by atoms with Crippen molar-refractivity contribution in [3.8, 4) is 5.75 Å². The quantitative estimate of drug-likeness (QED) is 0.714. The second-order valence-corrected chi connectivity index (χ2v) is 6.87. The molecule has 2 amide bonds. The van der Waals surface area contributed by atoms with Gasteiger partial charge in [0.05, 0.1) is 0 Å². The number of aryl methyl sites for hydroxylation is 1. The molecule has 1 unspecified atom stereocenters. The number of hydrogen-bond acceptors (Lipinski definition) is 3. The number of amides is 2. The predicted molar refractivity (Wildman–Crippen MR) is 106 cm³/mol. The molecule has 0 radical (unpaired) electrons. The van der Waals surface area contributed by atoms with E-state index >= 15 is 0 Å². The van der Waals surface area contributed by atoms with Crippen LogP contribution in [-0.2, 0) is 22.6 Å². The molecule has 0 aliphatic rings. The van der Waals surface area contributed by atoms with Crippen LogP contribution in [0.4, 0.5) is 0 Å². The molecule has 0 aromatic heterocycles. The third kappa shape index (κ3) is 7.52. The van der Waals surface area contributed by atoms with Crippen molar-refractivity contribution in [2.24, 2.45) is 0 Å². The van der Waals surface area contributed by atoms with Crippen molar-refractivity contribution in [2.75, 3.05) is 0 Å². The van der Waals surface area contributed by atoms with E-state index in [9.17, 15) is 9.59 Å². The van der Waals surface area contributed by atoms with Gasteiger partial charge in [0.1, 0.15) is 18.4 Å². The molecule has 2 N–H and O–H groups in total. The van der Waals surface area contributed by atoms with Gasteiger partial charge in [-0.3, -0.25) is 9.59 Å². The van der Waals surface area contributed by atoms with Gasteiger partial charge in [-0.25, -0.2) is 0 Å². The molecule has 144 valence electrons. The summed E-state index contributed by atoms with van der Waals surface area (Å²) in [6.07, 6.45) is 0.951. The molecule has 0 bridgehead atoms. The standard InChI is InChI=1S/C22H28N2O3/c1-16(2)23-22(26)17(3)24-21(25)14-11-18-9-12-20(13-10-18)27-15-19-7-5-4-6-8-19/h4-10,12-13,16-17H,11,14-15H2,1-3H3,(H,23,26)(H,24,25). The largest absolute Gasteiger partial charge is 0.489 e. The molecule has 1 atom stereocenters. The Morgan fingerprint density at radius 2 is 1.56 bits per heavy atom. The zero-order valence-corrected chi connectivity index (χ0v) is 16.2. The third-order valence-electron chi connectivity index (χ3n) is 4.01. The summed E-state index contributed by atoms with van der Waals surface area (Å²) in [5.74, 6) is 0.495. The zero-order valence-electron chi connectivity index (χ0n) is 16.2. The SMILES string of the molecule is CC(C)NC(=O)C(C)NC(=O)CCc1ccc(OCc2ccccc2)cc1. The van der Waals surface area contributed by atoms with Gasteiger partial charge in [-0.15, -0.1) is 0 Å². The van der Waals surface area contributed by atoms with E-state index < -0.39 is 6.04 Å². The minimum atomic E-state index is -0.534. The van der Waals surface area contributed by atoms with Crippen molar-refractivity contribution in [2.45, 2.75) is 52.3 Å². The molecule has 2 rings (SSSR count). The van der Waals surface area contributed by atoms with Crippen LogP contribution in [0.25, 0.3) is 0 Å². The van der Waals surface area contributed by atoms with Gasteiger partial charge in [0, 0.05) is 12.5 Å². The van der Waals surface area contributed by atoms with Gasteiger partial charge in [-0.1, -0.05) is 42.5 Å². The summed E-state index contributed by atoms with van der Waals surface area (Å²) >= 11 is 0. The van der Waals surface area contributed by atoms with Gasteiger partial charge in [-0.05, 0) is 50.5 Å². The van der Waals surface area contributed by atoms with Crippen LogP contribution in [0.5, 0.6) is 5.75 Å². The van der Waals surface area contributed by atoms with E-state index in [0.717, 1.165) is 16.9 Å². The summed E-state index contributed by atoms with van der Waals surface area (Å²) < 4.78 is 5.76. The number of benzene rings is 2. The lowest BCUT2D eigenvalue weighted by Crippen LogP contribution is -2.46. The summed E-state index contributed by atoms with van der Waals surface area (Å²) in [6.45, 7) is 5.99. The maximum Gasteiger partial charge on any atom is 0.242 e. The van der Waals surface area contributed by atoms with Crippen LogP contribution in [0.1, 0.15) is 38.3 Å². The van der Waals surface area contributed by atoms with Crippen molar-refractivity contribution in [3.05, 3.63) is 65.7 Å². The van der Waals surface area contributed by atoms with Gasteiger partial charge in [0.2, 0.25) is 11.8 Å². The number of ether oxygens (including phenoxy) is 1. The first-order valence-electron chi connectivity index (χ1n) is 9.29. The van der Waals surface area contributed by atoms with Gasteiger partial charge >= 0.3 is 0 Å². The highest BCUT2D eigenvalue weighted by molar-refractivity contribution is 5.87. The molecule has 5 nitrogen and oxygen atoms in total. The Hall–Kier alpha value is -2.82. The molecule has 0 spiro atoms. The van der Waals surface area contributed by atoms with Gasteiger partial charge in [0.15, 0.2) is 0 Å². The van der Waals surface area contributed by atoms with Crippen molar-refractivity contribution in [1.29, 1.82) is 0 Å². The monoisotopic (exact) mass is 368 g/mol. The Morgan fingerprint density at radius 3 is 2.19 bits per heavy atom. The Bertz CT molecular complexity index is 727. The van der Waals surface area contributed by atoms with Crippen LogP contribution in [0, 0.1) is 0 Å². The van der Waals surface area contributed by atoms with E-state index in [1.54, 1.807) is 6.92 Å². The van der Waals surface area contributed by atoms with E-state index in [1.165, 1.54) is 0 Å². The highest BCUT2D eigenvalue weighted by Crippen LogP contribution is 2.15. The summed E-state index contributed by atoms with van der Waals surface area (Å²) in [6, 6.07) is 17.3.